The molecule has 3 rings (SSSR count). The monoisotopic (exact) mass is 313 g/mol. The Balaban J connectivity index is 1.86. The van der Waals surface area contributed by atoms with Crippen LogP contribution in [0.4, 0.5) is 5.69 Å². The molecule has 0 saturated carbocycles. The molecule has 6 heteroatoms. The van der Waals surface area contributed by atoms with Crippen LogP contribution in [-0.2, 0) is 10.0 Å². The van der Waals surface area contributed by atoms with Gasteiger partial charge in [0.15, 0.2) is 0 Å². The van der Waals surface area contributed by atoms with Crippen molar-refractivity contribution in [3.63, 3.8) is 0 Å². The van der Waals surface area contributed by atoms with Crippen molar-refractivity contribution in [2.75, 3.05) is 4.72 Å². The van der Waals surface area contributed by atoms with Gasteiger partial charge in [-0.2, -0.15) is 0 Å². The van der Waals surface area contributed by atoms with Gasteiger partial charge < -0.3 is 4.98 Å². The summed E-state index contributed by atoms with van der Waals surface area (Å²) in [5.41, 5.74) is 3.06. The van der Waals surface area contributed by atoms with E-state index < -0.39 is 10.0 Å². The van der Waals surface area contributed by atoms with Gasteiger partial charge in [0.05, 0.1) is 23.1 Å². The molecule has 2 N–H and O–H groups in total. The molecule has 0 fully saturated rings. The normalized spacial score (nSPS) is 11.3. The number of hydrogen-bond donors (Lipinski definition) is 2. The van der Waals surface area contributed by atoms with E-state index in [1.807, 2.05) is 18.2 Å². The van der Waals surface area contributed by atoms with Crippen LogP contribution in [0.5, 0.6) is 0 Å². The molecule has 0 radical (unpaired) electrons. The smallest absolute Gasteiger partial charge is 0.262 e. The highest BCUT2D eigenvalue weighted by molar-refractivity contribution is 7.92. The summed E-state index contributed by atoms with van der Waals surface area (Å²) >= 11 is 0. The molecule has 1 aromatic heterocycles. The van der Waals surface area contributed by atoms with Gasteiger partial charge in [0.1, 0.15) is 0 Å². The van der Waals surface area contributed by atoms with Crippen LogP contribution in [0.3, 0.4) is 0 Å². The molecule has 0 bridgehead atoms. The van der Waals surface area contributed by atoms with Gasteiger partial charge in [0.25, 0.3) is 10.0 Å². The van der Waals surface area contributed by atoms with E-state index >= 15 is 0 Å². The lowest BCUT2D eigenvalue weighted by Crippen LogP contribution is -2.14. The number of nitrogens with one attached hydrogen (secondary N) is 2. The van der Waals surface area contributed by atoms with E-state index in [1.54, 1.807) is 49.8 Å². The minimum absolute atomic E-state index is 0.285. The van der Waals surface area contributed by atoms with Crippen molar-refractivity contribution in [2.24, 2.45) is 0 Å². The number of aromatic amines is 1. The first kappa shape index (κ1) is 14.3. The van der Waals surface area contributed by atoms with E-state index in [4.69, 9.17) is 0 Å². The van der Waals surface area contributed by atoms with Gasteiger partial charge in [-0.25, -0.2) is 13.4 Å². The molecule has 5 nitrogen and oxygen atoms in total. The SMILES string of the molecule is Cc1ccccc1S(=O)(=O)Nc1ccc(-c2cnc[nH]2)cc1. The lowest BCUT2D eigenvalue weighted by molar-refractivity contribution is 0.600. The van der Waals surface area contributed by atoms with E-state index in [9.17, 15) is 8.42 Å². The van der Waals surface area contributed by atoms with E-state index in [0.717, 1.165) is 11.3 Å². The standard InChI is InChI=1S/C16H15N3O2S/c1-12-4-2-3-5-16(12)22(20,21)19-14-8-6-13(7-9-14)15-10-17-11-18-15/h2-11,19H,1H3,(H,17,18). The third-order valence-electron chi connectivity index (χ3n) is 3.33. The number of sulfonamides is 1. The molecule has 0 aliphatic carbocycles. The number of imidazole rings is 1. The van der Waals surface area contributed by atoms with E-state index in [-0.39, 0.29) is 4.90 Å². The second kappa shape index (κ2) is 5.65. The van der Waals surface area contributed by atoms with Crippen LogP contribution in [0.1, 0.15) is 5.56 Å². The first-order valence-corrected chi connectivity index (χ1v) is 8.22. The molecular formula is C16H15N3O2S. The first-order chi connectivity index (χ1) is 10.6. The number of anilines is 1. The predicted octanol–water partition coefficient (Wildman–Crippen LogP) is 3.19. The maximum atomic E-state index is 12.4. The van der Waals surface area contributed by atoms with Crippen molar-refractivity contribution >= 4 is 15.7 Å². The summed E-state index contributed by atoms with van der Waals surface area (Å²) in [7, 11) is -3.58. The van der Waals surface area contributed by atoms with Crippen LogP contribution in [-0.4, -0.2) is 18.4 Å². The van der Waals surface area contributed by atoms with Crippen molar-refractivity contribution in [1.29, 1.82) is 0 Å². The summed E-state index contributed by atoms with van der Waals surface area (Å²) in [6.07, 6.45) is 3.32. The molecule has 0 aliphatic heterocycles. The average Bonchev–Trinajstić information content (AvgIpc) is 3.02. The van der Waals surface area contributed by atoms with Crippen LogP contribution < -0.4 is 4.72 Å². The zero-order valence-corrected chi connectivity index (χ0v) is 12.8. The Hall–Kier alpha value is -2.60. The highest BCUT2D eigenvalue weighted by atomic mass is 32.2. The second-order valence-electron chi connectivity index (χ2n) is 4.91. The van der Waals surface area contributed by atoms with Gasteiger partial charge in [-0.1, -0.05) is 30.3 Å². The van der Waals surface area contributed by atoms with Gasteiger partial charge in [-0.05, 0) is 36.2 Å². The Morgan fingerprint density at radius 2 is 1.77 bits per heavy atom. The summed E-state index contributed by atoms with van der Waals surface area (Å²) in [5, 5.41) is 0. The molecule has 0 atom stereocenters. The molecule has 0 saturated heterocycles. The van der Waals surface area contributed by atoms with Crippen molar-refractivity contribution in [2.45, 2.75) is 11.8 Å². The van der Waals surface area contributed by atoms with Crippen LogP contribution >= 0.6 is 0 Å². The van der Waals surface area contributed by atoms with Crippen LogP contribution in [0, 0.1) is 6.92 Å². The number of H-pyrrole nitrogens is 1. The van der Waals surface area contributed by atoms with Crippen molar-refractivity contribution in [3.8, 4) is 11.3 Å². The Labute approximate surface area is 129 Å². The number of aromatic nitrogens is 2. The van der Waals surface area contributed by atoms with Crippen molar-refractivity contribution < 1.29 is 8.42 Å². The van der Waals surface area contributed by atoms with Gasteiger partial charge in [0, 0.05) is 5.69 Å². The van der Waals surface area contributed by atoms with Crippen molar-refractivity contribution in [3.05, 3.63) is 66.6 Å². The molecule has 22 heavy (non-hydrogen) atoms. The summed E-state index contributed by atoms with van der Waals surface area (Å²) < 4.78 is 27.4. The number of benzene rings is 2. The molecule has 112 valence electrons. The lowest BCUT2D eigenvalue weighted by Gasteiger charge is -2.10. The third-order valence-corrected chi connectivity index (χ3v) is 4.87. The van der Waals surface area contributed by atoms with E-state index in [0.29, 0.717) is 11.3 Å². The van der Waals surface area contributed by atoms with E-state index in [2.05, 4.69) is 14.7 Å². The van der Waals surface area contributed by atoms with Gasteiger partial charge in [0.2, 0.25) is 0 Å². The molecule has 3 aromatic rings. The number of nitrogens with zero attached hydrogens (tertiary/aromatic N) is 1. The third kappa shape index (κ3) is 2.87. The summed E-state index contributed by atoms with van der Waals surface area (Å²) in [4.78, 5) is 7.25. The minimum atomic E-state index is -3.58. The summed E-state index contributed by atoms with van der Waals surface area (Å²) in [6.45, 7) is 1.77. The lowest BCUT2D eigenvalue weighted by atomic mass is 10.1. The van der Waals surface area contributed by atoms with Gasteiger partial charge in [-0.3, -0.25) is 4.72 Å². The summed E-state index contributed by atoms with van der Waals surface area (Å²) in [6, 6.07) is 14.0. The molecule has 2 aromatic carbocycles. The molecule has 0 unspecified atom stereocenters. The Kier molecular flexibility index (Phi) is 3.68. The zero-order chi connectivity index (χ0) is 15.6. The number of aryl methyl sites for hydroxylation is 1. The number of hydrogen-bond acceptors (Lipinski definition) is 3. The fourth-order valence-electron chi connectivity index (χ4n) is 2.20. The Bertz CT molecular complexity index is 870. The molecular weight excluding hydrogens is 298 g/mol. The largest absolute Gasteiger partial charge is 0.345 e. The minimum Gasteiger partial charge on any atom is -0.345 e. The maximum absolute atomic E-state index is 12.4. The topological polar surface area (TPSA) is 74.8 Å². The van der Waals surface area contributed by atoms with Crippen LogP contribution in [0.2, 0.25) is 0 Å². The fourth-order valence-corrected chi connectivity index (χ4v) is 3.51. The highest BCUT2D eigenvalue weighted by Crippen LogP contribution is 2.22. The fraction of sp³-hybridized carbons (Fsp3) is 0.0625. The molecule has 1 heterocycles. The zero-order valence-electron chi connectivity index (χ0n) is 11.9. The molecule has 0 spiro atoms. The Morgan fingerprint density at radius 3 is 2.41 bits per heavy atom. The average molecular weight is 313 g/mol. The van der Waals surface area contributed by atoms with Crippen LogP contribution in [0.25, 0.3) is 11.3 Å². The Morgan fingerprint density at radius 1 is 1.05 bits per heavy atom. The molecule has 0 aliphatic rings. The summed E-state index contributed by atoms with van der Waals surface area (Å²) in [5.74, 6) is 0. The van der Waals surface area contributed by atoms with Crippen LogP contribution in [0.15, 0.2) is 66.0 Å². The predicted molar refractivity (Wildman–Crippen MR) is 86.0 cm³/mol. The molecule has 0 amide bonds. The number of rotatable bonds is 4. The quantitative estimate of drug-likeness (QED) is 0.777. The first-order valence-electron chi connectivity index (χ1n) is 6.73. The maximum Gasteiger partial charge on any atom is 0.262 e. The van der Waals surface area contributed by atoms with Gasteiger partial charge in [-0.15, -0.1) is 0 Å². The second-order valence-corrected chi connectivity index (χ2v) is 6.56. The highest BCUT2D eigenvalue weighted by Gasteiger charge is 2.16. The van der Waals surface area contributed by atoms with E-state index in [1.165, 1.54) is 0 Å². The van der Waals surface area contributed by atoms with Crippen molar-refractivity contribution in [1.82, 2.24) is 9.97 Å². The van der Waals surface area contributed by atoms with Gasteiger partial charge >= 0.3 is 0 Å².